The van der Waals surface area contributed by atoms with E-state index < -0.39 is 0 Å². The Kier molecular flexibility index (Phi) is 4.71. The maximum absolute atomic E-state index is 5.32. The highest BCUT2D eigenvalue weighted by Gasteiger charge is 2.10. The van der Waals surface area contributed by atoms with E-state index in [2.05, 4.69) is 28.5 Å². The van der Waals surface area contributed by atoms with Crippen LogP contribution in [-0.2, 0) is 0 Å². The second-order valence-electron chi connectivity index (χ2n) is 3.44. The van der Waals surface area contributed by atoms with Crippen LogP contribution >= 0.6 is 11.8 Å². The van der Waals surface area contributed by atoms with Crippen LogP contribution in [0.2, 0.25) is 0 Å². The van der Waals surface area contributed by atoms with Crippen molar-refractivity contribution in [1.82, 2.24) is 4.98 Å². The highest BCUT2D eigenvalue weighted by molar-refractivity contribution is 7.98. The second-order valence-corrected chi connectivity index (χ2v) is 4.35. The Balaban J connectivity index is 2.76. The number of nitrogen functional groups attached to an aromatic ring is 1. The molecule has 0 aliphatic rings. The van der Waals surface area contributed by atoms with Gasteiger partial charge in [0.1, 0.15) is 11.6 Å². The maximum Gasteiger partial charge on any atom is 0.142 e. The van der Waals surface area contributed by atoms with Crippen LogP contribution in [0.25, 0.3) is 0 Å². The molecule has 3 N–H and O–H groups in total. The molecule has 1 rings (SSSR count). The lowest BCUT2D eigenvalue weighted by Gasteiger charge is -2.25. The van der Waals surface area contributed by atoms with Gasteiger partial charge in [-0.15, -0.1) is 0 Å². The van der Waals surface area contributed by atoms with Gasteiger partial charge in [-0.2, -0.15) is 11.8 Å². The number of anilines is 2. The largest absolute Gasteiger partial charge is 0.356 e. The summed E-state index contributed by atoms with van der Waals surface area (Å²) in [6.45, 7) is 2.18. The predicted octanol–water partition coefficient (Wildman–Crippen LogP) is 1.55. The van der Waals surface area contributed by atoms with Crippen molar-refractivity contribution >= 4 is 23.4 Å². The smallest absolute Gasteiger partial charge is 0.142 e. The molecule has 0 fully saturated rings. The van der Waals surface area contributed by atoms with Gasteiger partial charge in [0.2, 0.25) is 0 Å². The predicted molar refractivity (Wildman–Crippen MR) is 68.3 cm³/mol. The van der Waals surface area contributed by atoms with E-state index in [-0.39, 0.29) is 0 Å². The van der Waals surface area contributed by atoms with Crippen molar-refractivity contribution in [3.05, 3.63) is 18.2 Å². The quantitative estimate of drug-likeness (QED) is 0.589. The number of hydrogen-bond donors (Lipinski definition) is 2. The molecule has 0 amide bonds. The standard InChI is InChI=1S/C10H18N4S/c1-8(7-15-3)14(2)10-6-4-5-9(12-10)13-11/h4-6,8H,7,11H2,1-3H3,(H,12,13). The number of hydrazine groups is 1. The van der Waals surface area contributed by atoms with E-state index in [1.54, 1.807) is 0 Å². The van der Waals surface area contributed by atoms with Crippen LogP contribution < -0.4 is 16.2 Å². The molecule has 0 aromatic carbocycles. The molecule has 1 aromatic rings. The van der Waals surface area contributed by atoms with Crippen LogP contribution in [0, 0.1) is 0 Å². The average molecular weight is 226 g/mol. The average Bonchev–Trinajstić information content (AvgIpc) is 2.28. The third-order valence-electron chi connectivity index (χ3n) is 2.31. The molecule has 0 aliphatic heterocycles. The summed E-state index contributed by atoms with van der Waals surface area (Å²) in [4.78, 5) is 6.53. The van der Waals surface area contributed by atoms with Gasteiger partial charge in [-0.05, 0) is 25.3 Å². The van der Waals surface area contributed by atoms with E-state index in [1.807, 2.05) is 37.0 Å². The molecule has 0 aliphatic carbocycles. The monoisotopic (exact) mass is 226 g/mol. The van der Waals surface area contributed by atoms with E-state index in [9.17, 15) is 0 Å². The fraction of sp³-hybridized carbons (Fsp3) is 0.500. The van der Waals surface area contributed by atoms with Crippen LogP contribution in [0.5, 0.6) is 0 Å². The molecule has 5 heteroatoms. The molecule has 4 nitrogen and oxygen atoms in total. The maximum atomic E-state index is 5.32. The minimum absolute atomic E-state index is 0.459. The van der Waals surface area contributed by atoms with E-state index in [0.717, 1.165) is 11.6 Å². The summed E-state index contributed by atoms with van der Waals surface area (Å²) in [6.07, 6.45) is 2.11. The molecular weight excluding hydrogens is 208 g/mol. The fourth-order valence-electron chi connectivity index (χ4n) is 1.28. The summed E-state index contributed by atoms with van der Waals surface area (Å²) < 4.78 is 0. The second kappa shape index (κ2) is 5.82. The first-order valence-electron chi connectivity index (χ1n) is 4.84. The van der Waals surface area contributed by atoms with Gasteiger partial charge in [-0.1, -0.05) is 6.07 Å². The molecule has 0 bridgehead atoms. The summed E-state index contributed by atoms with van der Waals surface area (Å²) in [5.74, 6) is 8.03. The molecule has 0 saturated heterocycles. The topological polar surface area (TPSA) is 54.2 Å². The van der Waals surface area contributed by atoms with Gasteiger partial charge in [0, 0.05) is 18.8 Å². The summed E-state index contributed by atoms with van der Waals surface area (Å²) in [6, 6.07) is 6.23. The summed E-state index contributed by atoms with van der Waals surface area (Å²) in [7, 11) is 2.05. The highest BCUT2D eigenvalue weighted by Crippen LogP contribution is 2.16. The molecule has 1 aromatic heterocycles. The lowest BCUT2D eigenvalue weighted by molar-refractivity contribution is 0.754. The van der Waals surface area contributed by atoms with Crippen molar-refractivity contribution in [1.29, 1.82) is 0 Å². The number of hydrogen-bond acceptors (Lipinski definition) is 5. The minimum atomic E-state index is 0.459. The summed E-state index contributed by atoms with van der Waals surface area (Å²) >= 11 is 1.83. The third kappa shape index (κ3) is 3.28. The van der Waals surface area contributed by atoms with E-state index >= 15 is 0 Å². The van der Waals surface area contributed by atoms with Crippen molar-refractivity contribution in [2.24, 2.45) is 5.84 Å². The van der Waals surface area contributed by atoms with Gasteiger partial charge >= 0.3 is 0 Å². The van der Waals surface area contributed by atoms with Gasteiger partial charge in [-0.25, -0.2) is 10.8 Å². The van der Waals surface area contributed by atoms with Crippen molar-refractivity contribution in [2.75, 3.05) is 29.4 Å². The Morgan fingerprint density at radius 3 is 2.93 bits per heavy atom. The van der Waals surface area contributed by atoms with Crippen molar-refractivity contribution in [3.8, 4) is 0 Å². The Morgan fingerprint density at radius 1 is 1.60 bits per heavy atom. The molecule has 0 spiro atoms. The van der Waals surface area contributed by atoms with Crippen molar-refractivity contribution in [2.45, 2.75) is 13.0 Å². The first-order chi connectivity index (χ1) is 7.19. The number of aromatic nitrogens is 1. The van der Waals surface area contributed by atoms with Crippen molar-refractivity contribution < 1.29 is 0 Å². The van der Waals surface area contributed by atoms with E-state index in [0.29, 0.717) is 11.9 Å². The zero-order valence-corrected chi connectivity index (χ0v) is 10.2. The van der Waals surface area contributed by atoms with Crippen molar-refractivity contribution in [3.63, 3.8) is 0 Å². The fourth-order valence-corrected chi connectivity index (χ4v) is 1.98. The summed E-state index contributed by atoms with van der Waals surface area (Å²) in [5.41, 5.74) is 2.55. The molecular formula is C10H18N4S. The molecule has 0 radical (unpaired) electrons. The highest BCUT2D eigenvalue weighted by atomic mass is 32.2. The van der Waals surface area contributed by atoms with Crippen LogP contribution in [0.4, 0.5) is 11.6 Å². The number of nitrogens with zero attached hydrogens (tertiary/aromatic N) is 2. The van der Waals surface area contributed by atoms with Crippen LogP contribution in [0.3, 0.4) is 0 Å². The number of pyridine rings is 1. The number of nitrogens with one attached hydrogen (secondary N) is 1. The minimum Gasteiger partial charge on any atom is -0.356 e. The van der Waals surface area contributed by atoms with Crippen LogP contribution in [-0.4, -0.2) is 30.1 Å². The Hall–Kier alpha value is -0.940. The normalized spacial score (nSPS) is 12.3. The van der Waals surface area contributed by atoms with Gasteiger partial charge in [0.05, 0.1) is 0 Å². The van der Waals surface area contributed by atoms with Crippen LogP contribution in [0.1, 0.15) is 6.92 Å². The molecule has 15 heavy (non-hydrogen) atoms. The van der Waals surface area contributed by atoms with Gasteiger partial charge in [0.25, 0.3) is 0 Å². The lowest BCUT2D eigenvalue weighted by Crippen LogP contribution is -2.31. The zero-order chi connectivity index (χ0) is 11.3. The molecule has 1 atom stereocenters. The number of thioether (sulfide) groups is 1. The summed E-state index contributed by atoms with van der Waals surface area (Å²) in [5, 5.41) is 0. The number of rotatable bonds is 5. The molecule has 84 valence electrons. The zero-order valence-electron chi connectivity index (χ0n) is 9.40. The van der Waals surface area contributed by atoms with Gasteiger partial charge in [0.15, 0.2) is 0 Å². The van der Waals surface area contributed by atoms with Gasteiger partial charge in [-0.3, -0.25) is 0 Å². The van der Waals surface area contributed by atoms with Gasteiger partial charge < -0.3 is 10.3 Å². The molecule has 0 saturated carbocycles. The Morgan fingerprint density at radius 2 is 2.33 bits per heavy atom. The Bertz CT molecular complexity index is 305. The Labute approximate surface area is 95.2 Å². The first kappa shape index (κ1) is 12.1. The first-order valence-corrected chi connectivity index (χ1v) is 6.24. The van der Waals surface area contributed by atoms with Crippen LogP contribution in [0.15, 0.2) is 18.2 Å². The van der Waals surface area contributed by atoms with E-state index in [1.165, 1.54) is 0 Å². The molecule has 1 unspecified atom stereocenters. The third-order valence-corrected chi connectivity index (χ3v) is 3.13. The molecule has 1 heterocycles. The SMILES string of the molecule is CSCC(C)N(C)c1cccc(NN)n1. The van der Waals surface area contributed by atoms with E-state index in [4.69, 9.17) is 5.84 Å². The lowest BCUT2D eigenvalue weighted by atomic mass is 10.3. The number of nitrogens with two attached hydrogens (primary N) is 1.